The van der Waals surface area contributed by atoms with Crippen LogP contribution in [0.2, 0.25) is 0 Å². The van der Waals surface area contributed by atoms with E-state index >= 15 is 0 Å². The molecular weight excluding hydrogens is 713 g/mol. The molecule has 10 heteroatoms. The number of anilines is 2. The predicted octanol–water partition coefficient (Wildman–Crippen LogP) is 9.32. The second-order valence-electron chi connectivity index (χ2n) is 15.3. The van der Waals surface area contributed by atoms with Crippen molar-refractivity contribution in [1.29, 1.82) is 0 Å². The lowest BCUT2D eigenvalue weighted by molar-refractivity contribution is -0.206. The summed E-state index contributed by atoms with van der Waals surface area (Å²) in [4.78, 5) is 40.9. The van der Waals surface area contributed by atoms with E-state index in [1.54, 1.807) is 4.90 Å². The lowest BCUT2D eigenvalue weighted by Gasteiger charge is -2.45. The smallest absolute Gasteiger partial charge is 0.300 e. The van der Waals surface area contributed by atoms with Crippen molar-refractivity contribution in [2.75, 3.05) is 63.2 Å². The quantitative estimate of drug-likeness (QED) is 0.148. The molecule has 2 aromatic rings. The van der Waals surface area contributed by atoms with E-state index < -0.39 is 5.85 Å². The molecule has 0 bridgehead atoms. The first kappa shape index (κ1) is 45.4. The average molecular weight is 785 g/mol. The molecular formula is C47H72N6O4. The van der Waals surface area contributed by atoms with Crippen molar-refractivity contribution in [3.05, 3.63) is 77.3 Å². The Morgan fingerprint density at radius 1 is 0.772 bits per heavy atom. The van der Waals surface area contributed by atoms with E-state index in [-0.39, 0.29) is 23.8 Å². The van der Waals surface area contributed by atoms with Gasteiger partial charge >= 0.3 is 6.02 Å². The Morgan fingerprint density at radius 3 is 1.84 bits per heavy atom. The normalized spacial score (nSPS) is 21.3. The highest BCUT2D eigenvalue weighted by atomic mass is 16.6. The van der Waals surface area contributed by atoms with Crippen LogP contribution in [0.3, 0.4) is 0 Å². The maximum atomic E-state index is 13.2. The number of amidine groups is 1. The van der Waals surface area contributed by atoms with E-state index in [2.05, 4.69) is 92.6 Å². The van der Waals surface area contributed by atoms with Gasteiger partial charge in [-0.2, -0.15) is 0 Å². The molecule has 2 atom stereocenters. The van der Waals surface area contributed by atoms with Crippen LogP contribution in [0.15, 0.2) is 71.1 Å². The van der Waals surface area contributed by atoms with Crippen LogP contribution in [-0.2, 0) is 25.5 Å². The van der Waals surface area contributed by atoms with Gasteiger partial charge in [-0.15, -0.1) is 0 Å². The summed E-state index contributed by atoms with van der Waals surface area (Å²) in [6, 6.07) is 17.6. The Balaban J connectivity index is 0.000000254. The van der Waals surface area contributed by atoms with Gasteiger partial charge in [-0.25, -0.2) is 4.99 Å². The second kappa shape index (κ2) is 22.0. The van der Waals surface area contributed by atoms with Gasteiger partial charge in [0.05, 0.1) is 6.04 Å². The largest absolute Gasteiger partial charge is 0.449 e. The third kappa shape index (κ3) is 10.8. The topological polar surface area (TPSA) is 81.2 Å². The standard InChI is InChI=1S/C25H41N3O2.C22H31N3O2/c1-8-13-21(9-2)25(26(6)7)28(12-5)24(29)23(30-25)19-16-20-14-17-22(18-15-20)27(10-3)11-4;1-4-24(5-2)19-14-12-17(13-15-19)16-20-21(26)25(6-3)22(27-20)23-18-10-8-7-9-11-18/h14-15,17-19,21H,8-13,16H2,1-7H3;12-16,18H,4-11H2,1-3H3/b23-19+;20-16+,23-22?. The molecule has 3 fully saturated rings. The van der Waals surface area contributed by atoms with Crippen molar-refractivity contribution in [3.63, 3.8) is 0 Å². The van der Waals surface area contributed by atoms with Gasteiger partial charge in [0.15, 0.2) is 11.5 Å². The molecule has 1 aliphatic carbocycles. The van der Waals surface area contributed by atoms with E-state index in [4.69, 9.17) is 14.5 Å². The summed E-state index contributed by atoms with van der Waals surface area (Å²) in [5, 5.41) is 0. The first-order chi connectivity index (χ1) is 27.5. The van der Waals surface area contributed by atoms with Gasteiger partial charge in [-0.05, 0) is 135 Å². The van der Waals surface area contributed by atoms with E-state index in [0.29, 0.717) is 37.1 Å². The Kier molecular flexibility index (Phi) is 17.5. The molecule has 2 unspecified atom stereocenters. The molecule has 5 rings (SSSR count). The van der Waals surface area contributed by atoms with Crippen LogP contribution in [0.4, 0.5) is 11.4 Å². The molecule has 0 radical (unpaired) electrons. The first-order valence-electron chi connectivity index (χ1n) is 21.9. The van der Waals surface area contributed by atoms with Crippen LogP contribution in [0.25, 0.3) is 6.08 Å². The zero-order chi connectivity index (χ0) is 41.5. The Labute approximate surface area is 344 Å². The fourth-order valence-electron chi connectivity index (χ4n) is 8.46. The van der Waals surface area contributed by atoms with Gasteiger partial charge in [-0.1, -0.05) is 63.8 Å². The number of rotatable bonds is 17. The molecule has 2 heterocycles. The van der Waals surface area contributed by atoms with Crippen LogP contribution < -0.4 is 9.80 Å². The Morgan fingerprint density at radius 2 is 1.35 bits per heavy atom. The number of ether oxygens (including phenoxy) is 2. The number of carbonyl (C=O) groups is 2. The molecule has 2 saturated heterocycles. The fourth-order valence-corrected chi connectivity index (χ4v) is 8.46. The maximum absolute atomic E-state index is 13.2. The fraction of sp³-hybridized carbons (Fsp3) is 0.596. The highest BCUT2D eigenvalue weighted by molar-refractivity contribution is 6.11. The summed E-state index contributed by atoms with van der Waals surface area (Å²) in [5.41, 5.74) is 4.57. The molecule has 10 nitrogen and oxygen atoms in total. The number of likely N-dealkylation sites (N-methyl/N-ethyl adjacent to an activating group) is 2. The van der Waals surface area contributed by atoms with E-state index in [1.807, 2.05) is 57.1 Å². The van der Waals surface area contributed by atoms with E-state index in [0.717, 1.165) is 63.8 Å². The number of benzene rings is 2. The van der Waals surface area contributed by atoms with Crippen LogP contribution in [0, 0.1) is 5.92 Å². The molecule has 0 N–H and O–H groups in total. The predicted molar refractivity (Wildman–Crippen MR) is 236 cm³/mol. The highest BCUT2D eigenvalue weighted by Gasteiger charge is 2.55. The number of carbonyl (C=O) groups excluding carboxylic acids is 2. The van der Waals surface area contributed by atoms with Crippen LogP contribution in [0.1, 0.15) is 118 Å². The summed E-state index contributed by atoms with van der Waals surface area (Å²) >= 11 is 0. The molecule has 2 aromatic carbocycles. The summed E-state index contributed by atoms with van der Waals surface area (Å²) in [5.74, 6) is 0.311. The van der Waals surface area contributed by atoms with Crippen molar-refractivity contribution < 1.29 is 19.1 Å². The van der Waals surface area contributed by atoms with Crippen molar-refractivity contribution in [1.82, 2.24) is 14.7 Å². The lowest BCUT2D eigenvalue weighted by atomic mass is 9.92. The summed E-state index contributed by atoms with van der Waals surface area (Å²) in [7, 11) is 4.03. The molecule has 314 valence electrons. The third-order valence-corrected chi connectivity index (χ3v) is 11.7. The van der Waals surface area contributed by atoms with Gasteiger partial charge in [0.25, 0.3) is 11.8 Å². The van der Waals surface area contributed by atoms with Gasteiger partial charge < -0.3 is 19.3 Å². The summed E-state index contributed by atoms with van der Waals surface area (Å²) in [6.07, 6.45) is 13.4. The van der Waals surface area contributed by atoms with Crippen LogP contribution in [0.5, 0.6) is 0 Å². The average Bonchev–Trinajstić information content (AvgIpc) is 3.69. The Hall–Kier alpha value is -4.31. The number of nitrogens with zero attached hydrogens (tertiary/aromatic N) is 6. The highest BCUT2D eigenvalue weighted by Crippen LogP contribution is 2.42. The van der Waals surface area contributed by atoms with Crippen molar-refractivity contribution in [3.8, 4) is 0 Å². The van der Waals surface area contributed by atoms with Gasteiger partial charge in [0, 0.05) is 56.6 Å². The third-order valence-electron chi connectivity index (χ3n) is 11.7. The number of allylic oxidation sites excluding steroid dienone is 1. The first-order valence-corrected chi connectivity index (χ1v) is 21.9. The molecule has 2 aliphatic heterocycles. The SMILES string of the molecule is CCCC(CC)C1(N(C)C)O/C(=C/Cc2ccc(N(CC)CC)cc2)C(=O)N1CC.CCN1C(=O)/C(=C\c2ccc(N(CC)CC)cc2)OC1=NC1CCCCC1. The molecule has 57 heavy (non-hydrogen) atoms. The minimum atomic E-state index is -0.699. The number of hydrogen-bond acceptors (Lipinski definition) is 8. The number of aliphatic imine (C=N–C) groups is 1. The van der Waals surface area contributed by atoms with E-state index in [9.17, 15) is 9.59 Å². The van der Waals surface area contributed by atoms with Gasteiger partial charge in [0.1, 0.15) is 0 Å². The van der Waals surface area contributed by atoms with Crippen molar-refractivity contribution >= 4 is 35.3 Å². The van der Waals surface area contributed by atoms with Gasteiger partial charge in [-0.3, -0.25) is 24.3 Å². The Bertz CT molecular complexity index is 1660. The minimum absolute atomic E-state index is 0.000476. The molecule has 0 spiro atoms. The summed E-state index contributed by atoms with van der Waals surface area (Å²) < 4.78 is 12.4. The van der Waals surface area contributed by atoms with Crippen LogP contribution in [-0.4, -0.2) is 97.8 Å². The van der Waals surface area contributed by atoms with Gasteiger partial charge in [0.2, 0.25) is 5.85 Å². The van der Waals surface area contributed by atoms with Crippen molar-refractivity contribution in [2.24, 2.45) is 10.9 Å². The monoisotopic (exact) mass is 785 g/mol. The molecule has 3 aliphatic rings. The lowest BCUT2D eigenvalue weighted by Crippen LogP contribution is -2.61. The summed E-state index contributed by atoms with van der Waals surface area (Å²) in [6.45, 7) is 22.2. The van der Waals surface area contributed by atoms with Crippen molar-refractivity contribution in [2.45, 2.75) is 125 Å². The number of hydrogen-bond donors (Lipinski definition) is 0. The maximum Gasteiger partial charge on any atom is 0.300 e. The zero-order valence-electron chi connectivity index (χ0n) is 36.9. The molecule has 0 aromatic heterocycles. The molecule has 1 saturated carbocycles. The van der Waals surface area contributed by atoms with Crippen LogP contribution >= 0.6 is 0 Å². The second-order valence-corrected chi connectivity index (χ2v) is 15.3. The molecule has 2 amide bonds. The minimum Gasteiger partial charge on any atom is -0.449 e. The number of amides is 2. The van der Waals surface area contributed by atoms with E-state index in [1.165, 1.54) is 36.2 Å². The zero-order valence-corrected chi connectivity index (χ0v) is 36.9.